The van der Waals surface area contributed by atoms with E-state index in [0.29, 0.717) is 11.1 Å². The number of rotatable bonds is 6. The zero-order chi connectivity index (χ0) is 18.0. The van der Waals surface area contributed by atoms with Crippen LogP contribution in [0.4, 0.5) is 17.3 Å². The van der Waals surface area contributed by atoms with E-state index >= 15 is 0 Å². The van der Waals surface area contributed by atoms with Crippen LogP contribution in [-0.4, -0.2) is 29.7 Å². The number of nitrogens with one attached hydrogen (secondary N) is 1. The molecule has 0 bridgehead atoms. The van der Waals surface area contributed by atoms with Gasteiger partial charge in [0.05, 0.1) is 17.8 Å². The predicted molar refractivity (Wildman–Crippen MR) is 103 cm³/mol. The van der Waals surface area contributed by atoms with Crippen molar-refractivity contribution >= 4 is 28.9 Å². The van der Waals surface area contributed by atoms with Crippen molar-refractivity contribution in [2.75, 3.05) is 23.9 Å². The number of halogens is 1. The molecule has 6 heteroatoms. The fraction of sp³-hybridized carbons (Fsp3) is 0.474. The smallest absolute Gasteiger partial charge is 0.138 e. The molecular formula is C19H25ClN4O. The molecule has 0 unspecified atom stereocenters. The third-order valence-electron chi connectivity index (χ3n) is 4.66. The summed E-state index contributed by atoms with van der Waals surface area (Å²) in [6, 6.07) is 6.34. The molecule has 3 rings (SSSR count). The zero-order valence-corrected chi connectivity index (χ0v) is 16.0. The average molecular weight is 361 g/mol. The van der Waals surface area contributed by atoms with E-state index < -0.39 is 0 Å². The fourth-order valence-electron chi connectivity index (χ4n) is 3.28. The molecule has 134 valence electrons. The number of aromatic nitrogens is 2. The van der Waals surface area contributed by atoms with Crippen LogP contribution in [0.5, 0.6) is 5.75 Å². The SMILES string of the molecule is CCC(CC)Nc1cc(N2CCc3cc(OC)cc(Cl)c32)nc(C)n1. The zero-order valence-electron chi connectivity index (χ0n) is 15.3. The number of ether oxygens (including phenoxy) is 1. The summed E-state index contributed by atoms with van der Waals surface area (Å²) in [6.45, 7) is 7.14. The molecular weight excluding hydrogens is 336 g/mol. The van der Waals surface area contributed by atoms with Gasteiger partial charge in [-0.3, -0.25) is 0 Å². The highest BCUT2D eigenvalue weighted by atomic mass is 35.5. The van der Waals surface area contributed by atoms with Gasteiger partial charge in [-0.2, -0.15) is 0 Å². The number of fused-ring (bicyclic) bond motifs is 1. The summed E-state index contributed by atoms with van der Waals surface area (Å²) in [7, 11) is 1.66. The first-order valence-electron chi connectivity index (χ1n) is 8.81. The lowest BCUT2D eigenvalue weighted by Gasteiger charge is -2.22. The van der Waals surface area contributed by atoms with E-state index in [1.54, 1.807) is 7.11 Å². The van der Waals surface area contributed by atoms with Crippen molar-refractivity contribution in [1.29, 1.82) is 0 Å². The Bertz CT molecular complexity index is 761. The van der Waals surface area contributed by atoms with Crippen LogP contribution in [0, 0.1) is 6.92 Å². The van der Waals surface area contributed by atoms with E-state index in [1.165, 1.54) is 5.56 Å². The fourth-order valence-corrected chi connectivity index (χ4v) is 3.61. The molecule has 0 aliphatic carbocycles. The van der Waals surface area contributed by atoms with Gasteiger partial charge < -0.3 is 15.0 Å². The third-order valence-corrected chi connectivity index (χ3v) is 4.95. The molecule has 2 heterocycles. The molecule has 0 spiro atoms. The Balaban J connectivity index is 1.95. The lowest BCUT2D eigenvalue weighted by Crippen LogP contribution is -2.20. The average Bonchev–Trinajstić information content (AvgIpc) is 3.03. The summed E-state index contributed by atoms with van der Waals surface area (Å²) in [5, 5.41) is 4.20. The second-order valence-corrected chi connectivity index (χ2v) is 6.74. The summed E-state index contributed by atoms with van der Waals surface area (Å²) in [5.41, 5.74) is 2.21. The second kappa shape index (κ2) is 7.48. The molecule has 0 saturated carbocycles. The van der Waals surface area contributed by atoms with Crippen LogP contribution in [0.1, 0.15) is 38.1 Å². The van der Waals surface area contributed by atoms with Crippen molar-refractivity contribution in [3.8, 4) is 5.75 Å². The Hall–Kier alpha value is -2.01. The molecule has 1 aliphatic rings. The predicted octanol–water partition coefficient (Wildman–Crippen LogP) is 4.74. The van der Waals surface area contributed by atoms with Gasteiger partial charge in [0.2, 0.25) is 0 Å². The van der Waals surface area contributed by atoms with Gasteiger partial charge in [0.15, 0.2) is 0 Å². The van der Waals surface area contributed by atoms with Crippen LogP contribution in [0.3, 0.4) is 0 Å². The molecule has 0 radical (unpaired) electrons. The van der Waals surface area contributed by atoms with Crippen molar-refractivity contribution in [2.24, 2.45) is 0 Å². The first-order chi connectivity index (χ1) is 12.0. The first kappa shape index (κ1) is 17.8. The number of hydrogen-bond donors (Lipinski definition) is 1. The summed E-state index contributed by atoms with van der Waals surface area (Å²) in [4.78, 5) is 11.4. The van der Waals surface area contributed by atoms with Crippen molar-refractivity contribution in [1.82, 2.24) is 9.97 Å². The highest BCUT2D eigenvalue weighted by Gasteiger charge is 2.26. The van der Waals surface area contributed by atoms with Gasteiger partial charge in [0.25, 0.3) is 0 Å². The first-order valence-corrected chi connectivity index (χ1v) is 9.19. The van der Waals surface area contributed by atoms with E-state index in [4.69, 9.17) is 16.3 Å². The molecule has 0 saturated heterocycles. The minimum atomic E-state index is 0.417. The third kappa shape index (κ3) is 3.66. The van der Waals surface area contributed by atoms with E-state index in [-0.39, 0.29) is 0 Å². The summed E-state index contributed by atoms with van der Waals surface area (Å²) in [5.74, 6) is 3.30. The molecule has 2 aromatic rings. The highest BCUT2D eigenvalue weighted by Crippen LogP contribution is 2.42. The van der Waals surface area contributed by atoms with Crippen molar-refractivity contribution in [3.63, 3.8) is 0 Å². The maximum Gasteiger partial charge on any atom is 0.138 e. The van der Waals surface area contributed by atoms with Crippen LogP contribution in [0.15, 0.2) is 18.2 Å². The van der Waals surface area contributed by atoms with Gasteiger partial charge in [0, 0.05) is 24.7 Å². The standard InChI is InChI=1S/C19H25ClN4O/c1-5-14(6-2)23-17-11-18(22-12(3)21-17)24-8-7-13-9-15(25-4)10-16(20)19(13)24/h9-11,14H,5-8H2,1-4H3,(H,21,22,23). The van der Waals surface area contributed by atoms with Crippen molar-refractivity contribution in [3.05, 3.63) is 34.6 Å². The maximum absolute atomic E-state index is 6.53. The van der Waals surface area contributed by atoms with Crippen molar-refractivity contribution < 1.29 is 4.74 Å². The van der Waals surface area contributed by atoms with E-state index in [2.05, 4.69) is 40.1 Å². The lowest BCUT2D eigenvalue weighted by molar-refractivity contribution is 0.414. The Morgan fingerprint density at radius 1 is 1.24 bits per heavy atom. The van der Waals surface area contributed by atoms with Crippen molar-refractivity contribution in [2.45, 2.75) is 46.1 Å². The topological polar surface area (TPSA) is 50.3 Å². The molecule has 0 amide bonds. The number of hydrogen-bond acceptors (Lipinski definition) is 5. The van der Waals surface area contributed by atoms with Crippen LogP contribution in [0.25, 0.3) is 0 Å². The molecule has 1 N–H and O–H groups in total. The molecule has 0 atom stereocenters. The molecule has 5 nitrogen and oxygen atoms in total. The van der Waals surface area contributed by atoms with Gasteiger partial charge >= 0.3 is 0 Å². The van der Waals surface area contributed by atoms with Crippen LogP contribution >= 0.6 is 11.6 Å². The minimum absolute atomic E-state index is 0.417. The molecule has 1 aliphatic heterocycles. The van der Waals surface area contributed by atoms with Crippen LogP contribution in [-0.2, 0) is 6.42 Å². The Morgan fingerprint density at radius 3 is 2.68 bits per heavy atom. The summed E-state index contributed by atoms with van der Waals surface area (Å²) < 4.78 is 5.33. The van der Waals surface area contributed by atoms with E-state index in [9.17, 15) is 0 Å². The number of methoxy groups -OCH3 is 1. The number of nitrogens with zero attached hydrogens (tertiary/aromatic N) is 3. The highest BCUT2D eigenvalue weighted by molar-refractivity contribution is 6.33. The van der Waals surface area contributed by atoms with Gasteiger partial charge in [-0.1, -0.05) is 25.4 Å². The summed E-state index contributed by atoms with van der Waals surface area (Å²) in [6.07, 6.45) is 3.05. The van der Waals surface area contributed by atoms with Crippen LogP contribution < -0.4 is 15.0 Å². The molecule has 1 aromatic carbocycles. The van der Waals surface area contributed by atoms with Crippen LogP contribution in [0.2, 0.25) is 5.02 Å². The van der Waals surface area contributed by atoms with Gasteiger partial charge in [0.1, 0.15) is 23.2 Å². The van der Waals surface area contributed by atoms with E-state index in [0.717, 1.165) is 54.7 Å². The number of aryl methyl sites for hydroxylation is 1. The normalized spacial score (nSPS) is 13.3. The lowest BCUT2D eigenvalue weighted by atomic mass is 10.1. The largest absolute Gasteiger partial charge is 0.497 e. The Morgan fingerprint density at radius 2 is 2.00 bits per heavy atom. The number of anilines is 3. The van der Waals surface area contributed by atoms with E-state index in [1.807, 2.05) is 19.1 Å². The Kier molecular flexibility index (Phi) is 5.33. The summed E-state index contributed by atoms with van der Waals surface area (Å²) >= 11 is 6.53. The minimum Gasteiger partial charge on any atom is -0.497 e. The molecule has 25 heavy (non-hydrogen) atoms. The number of benzene rings is 1. The monoisotopic (exact) mass is 360 g/mol. The molecule has 1 aromatic heterocycles. The quantitative estimate of drug-likeness (QED) is 0.806. The van der Waals surface area contributed by atoms with Gasteiger partial charge in [-0.15, -0.1) is 0 Å². The molecule has 0 fully saturated rings. The second-order valence-electron chi connectivity index (χ2n) is 6.33. The van der Waals surface area contributed by atoms with Gasteiger partial charge in [-0.25, -0.2) is 9.97 Å². The maximum atomic E-state index is 6.53. The van der Waals surface area contributed by atoms with Gasteiger partial charge in [-0.05, 0) is 37.8 Å². The Labute approximate surface area is 154 Å².